The molecule has 0 fully saturated rings. The summed E-state index contributed by atoms with van der Waals surface area (Å²) in [5.41, 5.74) is 2.40. The van der Waals surface area contributed by atoms with Crippen LogP contribution in [0.5, 0.6) is 0 Å². The minimum Gasteiger partial charge on any atom is -0.338 e. The van der Waals surface area contributed by atoms with Crippen molar-refractivity contribution in [3.8, 4) is 0 Å². The van der Waals surface area contributed by atoms with E-state index in [2.05, 4.69) is 27.0 Å². The summed E-state index contributed by atoms with van der Waals surface area (Å²) >= 11 is 6.07. The summed E-state index contributed by atoms with van der Waals surface area (Å²) in [6.07, 6.45) is 5.80. The molecule has 1 aromatic heterocycles. The fourth-order valence-corrected chi connectivity index (χ4v) is 2.39. The van der Waals surface area contributed by atoms with Crippen LogP contribution < -0.4 is 5.32 Å². The van der Waals surface area contributed by atoms with Gasteiger partial charge in [-0.05, 0) is 37.6 Å². The second kappa shape index (κ2) is 6.22. The first-order valence-corrected chi connectivity index (χ1v) is 6.89. The molecular formula is C15H20ClN3. The average molecular weight is 278 g/mol. The summed E-state index contributed by atoms with van der Waals surface area (Å²) in [5.74, 6) is 1.12. The molecule has 2 aromatic rings. The molecule has 102 valence electrons. The van der Waals surface area contributed by atoms with Crippen LogP contribution >= 0.6 is 11.6 Å². The highest BCUT2D eigenvalue weighted by molar-refractivity contribution is 6.31. The lowest BCUT2D eigenvalue weighted by Gasteiger charge is -2.17. The summed E-state index contributed by atoms with van der Waals surface area (Å²) in [7, 11) is 4.02. The zero-order valence-electron chi connectivity index (χ0n) is 11.7. The van der Waals surface area contributed by atoms with E-state index in [9.17, 15) is 0 Å². The summed E-state index contributed by atoms with van der Waals surface area (Å²) in [6.45, 7) is 2.04. The van der Waals surface area contributed by atoms with Gasteiger partial charge in [-0.2, -0.15) is 0 Å². The fraction of sp³-hybridized carbons (Fsp3) is 0.400. The quantitative estimate of drug-likeness (QED) is 0.909. The zero-order valence-corrected chi connectivity index (χ0v) is 12.4. The normalized spacial score (nSPS) is 12.6. The SMILES string of the molecule is CNC(CCc1nccn1C)c1ccc(Cl)c(C)c1. The van der Waals surface area contributed by atoms with Gasteiger partial charge in [0.2, 0.25) is 0 Å². The number of benzene rings is 1. The van der Waals surface area contributed by atoms with E-state index in [0.717, 1.165) is 29.3 Å². The second-order valence-electron chi connectivity index (χ2n) is 4.84. The predicted octanol–water partition coefficient (Wildman–Crippen LogP) is 3.28. The molecule has 1 heterocycles. The van der Waals surface area contributed by atoms with Crippen molar-refractivity contribution in [1.29, 1.82) is 0 Å². The van der Waals surface area contributed by atoms with Crippen LogP contribution in [0, 0.1) is 6.92 Å². The highest BCUT2D eigenvalue weighted by Crippen LogP contribution is 2.23. The van der Waals surface area contributed by atoms with E-state index >= 15 is 0 Å². The molecule has 1 N–H and O–H groups in total. The Morgan fingerprint density at radius 2 is 2.21 bits per heavy atom. The minimum atomic E-state index is 0.327. The topological polar surface area (TPSA) is 29.9 Å². The predicted molar refractivity (Wildman–Crippen MR) is 79.5 cm³/mol. The Labute approximate surface area is 119 Å². The van der Waals surface area contributed by atoms with Crippen molar-refractivity contribution in [3.63, 3.8) is 0 Å². The first kappa shape index (κ1) is 14.1. The standard InChI is InChI=1S/C15H20ClN3/c1-11-10-12(4-5-13(11)16)14(17-2)6-7-15-18-8-9-19(15)3/h4-5,8-10,14,17H,6-7H2,1-3H3. The average Bonchev–Trinajstić information content (AvgIpc) is 2.80. The Morgan fingerprint density at radius 1 is 1.42 bits per heavy atom. The number of rotatable bonds is 5. The van der Waals surface area contributed by atoms with E-state index in [1.165, 1.54) is 5.56 Å². The lowest BCUT2D eigenvalue weighted by Crippen LogP contribution is -2.18. The molecule has 1 atom stereocenters. The van der Waals surface area contributed by atoms with Crippen molar-refractivity contribution in [3.05, 3.63) is 52.6 Å². The van der Waals surface area contributed by atoms with Crippen LogP contribution in [0.25, 0.3) is 0 Å². The van der Waals surface area contributed by atoms with Gasteiger partial charge in [-0.1, -0.05) is 23.7 Å². The lowest BCUT2D eigenvalue weighted by molar-refractivity contribution is 0.535. The Kier molecular flexibility index (Phi) is 4.61. The maximum atomic E-state index is 6.07. The molecule has 0 aliphatic heterocycles. The van der Waals surface area contributed by atoms with Gasteiger partial charge in [0.15, 0.2) is 0 Å². The lowest BCUT2D eigenvalue weighted by atomic mass is 10.00. The van der Waals surface area contributed by atoms with Gasteiger partial charge in [0, 0.05) is 36.9 Å². The van der Waals surface area contributed by atoms with Crippen LogP contribution in [-0.4, -0.2) is 16.6 Å². The highest BCUT2D eigenvalue weighted by atomic mass is 35.5. The third-order valence-electron chi connectivity index (χ3n) is 3.51. The molecule has 0 bridgehead atoms. The molecule has 0 aliphatic carbocycles. The number of hydrogen-bond donors (Lipinski definition) is 1. The van der Waals surface area contributed by atoms with Gasteiger partial charge in [-0.3, -0.25) is 0 Å². The molecule has 0 saturated heterocycles. The maximum Gasteiger partial charge on any atom is 0.108 e. The largest absolute Gasteiger partial charge is 0.338 e. The van der Waals surface area contributed by atoms with E-state index in [0.29, 0.717) is 6.04 Å². The summed E-state index contributed by atoms with van der Waals surface area (Å²) in [6, 6.07) is 6.54. The molecule has 1 unspecified atom stereocenters. The number of imidazole rings is 1. The number of hydrogen-bond acceptors (Lipinski definition) is 2. The molecule has 0 saturated carbocycles. The van der Waals surface area contributed by atoms with Crippen molar-refractivity contribution in [2.45, 2.75) is 25.8 Å². The van der Waals surface area contributed by atoms with Crippen LogP contribution in [0.15, 0.2) is 30.6 Å². The minimum absolute atomic E-state index is 0.327. The number of aromatic nitrogens is 2. The van der Waals surface area contributed by atoms with Crippen molar-refractivity contribution < 1.29 is 0 Å². The smallest absolute Gasteiger partial charge is 0.108 e. The van der Waals surface area contributed by atoms with Gasteiger partial charge in [-0.25, -0.2) is 4.98 Å². The van der Waals surface area contributed by atoms with Gasteiger partial charge < -0.3 is 9.88 Å². The third-order valence-corrected chi connectivity index (χ3v) is 3.93. The van der Waals surface area contributed by atoms with E-state index < -0.39 is 0 Å². The summed E-state index contributed by atoms with van der Waals surface area (Å²) in [5, 5.41) is 4.19. The van der Waals surface area contributed by atoms with E-state index in [-0.39, 0.29) is 0 Å². The highest BCUT2D eigenvalue weighted by Gasteiger charge is 2.11. The molecule has 2 rings (SSSR count). The van der Waals surface area contributed by atoms with E-state index in [1.54, 1.807) is 0 Å². The van der Waals surface area contributed by atoms with Crippen LogP contribution in [0.4, 0.5) is 0 Å². The first-order valence-electron chi connectivity index (χ1n) is 6.51. The van der Waals surface area contributed by atoms with Crippen LogP contribution in [-0.2, 0) is 13.5 Å². The van der Waals surface area contributed by atoms with Crippen molar-refractivity contribution in [1.82, 2.24) is 14.9 Å². The molecule has 4 heteroatoms. The Bertz CT molecular complexity index is 548. The van der Waals surface area contributed by atoms with Crippen LogP contribution in [0.1, 0.15) is 29.4 Å². The Balaban J connectivity index is 2.07. The van der Waals surface area contributed by atoms with Crippen molar-refractivity contribution >= 4 is 11.6 Å². The molecule has 0 amide bonds. The fourth-order valence-electron chi connectivity index (χ4n) is 2.27. The third kappa shape index (κ3) is 3.37. The first-order chi connectivity index (χ1) is 9.11. The molecule has 3 nitrogen and oxygen atoms in total. The van der Waals surface area contributed by atoms with Crippen molar-refractivity contribution in [2.75, 3.05) is 7.05 Å². The van der Waals surface area contributed by atoms with Gasteiger partial charge >= 0.3 is 0 Å². The van der Waals surface area contributed by atoms with Gasteiger partial charge in [-0.15, -0.1) is 0 Å². The van der Waals surface area contributed by atoms with Crippen molar-refractivity contribution in [2.24, 2.45) is 7.05 Å². The van der Waals surface area contributed by atoms with Gasteiger partial charge in [0.25, 0.3) is 0 Å². The van der Waals surface area contributed by atoms with Crippen LogP contribution in [0.2, 0.25) is 5.02 Å². The summed E-state index contributed by atoms with van der Waals surface area (Å²) < 4.78 is 2.07. The Hall–Kier alpha value is -1.32. The second-order valence-corrected chi connectivity index (χ2v) is 5.25. The maximum absolute atomic E-state index is 6.07. The molecule has 0 radical (unpaired) electrons. The molecule has 1 aromatic carbocycles. The zero-order chi connectivity index (χ0) is 13.8. The monoisotopic (exact) mass is 277 g/mol. The van der Waals surface area contributed by atoms with Gasteiger partial charge in [0.1, 0.15) is 5.82 Å². The molecular weight excluding hydrogens is 258 g/mol. The van der Waals surface area contributed by atoms with E-state index in [1.807, 2.05) is 39.5 Å². The van der Waals surface area contributed by atoms with Crippen LogP contribution in [0.3, 0.4) is 0 Å². The number of nitrogens with zero attached hydrogens (tertiary/aromatic N) is 2. The number of halogens is 1. The van der Waals surface area contributed by atoms with E-state index in [4.69, 9.17) is 11.6 Å². The number of aryl methyl sites for hydroxylation is 3. The number of nitrogens with one attached hydrogen (secondary N) is 1. The van der Waals surface area contributed by atoms with Gasteiger partial charge in [0.05, 0.1) is 0 Å². The molecule has 19 heavy (non-hydrogen) atoms. The summed E-state index contributed by atoms with van der Waals surface area (Å²) in [4.78, 5) is 4.36. The molecule has 0 spiro atoms. The Morgan fingerprint density at radius 3 is 2.79 bits per heavy atom. The molecule has 0 aliphatic rings.